The summed E-state index contributed by atoms with van der Waals surface area (Å²) in [5.74, 6) is -0.422. The van der Waals surface area contributed by atoms with Gasteiger partial charge in [0.05, 0.1) is 0 Å². The molecule has 2 N–H and O–H groups in total. The highest BCUT2D eigenvalue weighted by molar-refractivity contribution is 6.13. The minimum absolute atomic E-state index is 0.0580. The first kappa shape index (κ1) is 15.7. The van der Waals surface area contributed by atoms with Gasteiger partial charge in [-0.3, -0.25) is 4.79 Å². The number of fused-ring (bicyclic) bond motifs is 2. The molecule has 0 aliphatic carbocycles. The number of anilines is 1. The zero-order chi connectivity index (χ0) is 17.9. The Hall–Kier alpha value is -3.84. The van der Waals surface area contributed by atoms with Crippen LogP contribution in [0.25, 0.3) is 27.8 Å². The van der Waals surface area contributed by atoms with Gasteiger partial charge in [0.15, 0.2) is 0 Å². The number of rotatable bonds is 3. The van der Waals surface area contributed by atoms with Crippen molar-refractivity contribution in [2.75, 3.05) is 5.32 Å². The van der Waals surface area contributed by atoms with Gasteiger partial charge in [-0.1, -0.05) is 54.6 Å². The molecule has 4 aromatic rings. The van der Waals surface area contributed by atoms with E-state index in [1.807, 2.05) is 72.8 Å². The molecule has 4 nitrogen and oxygen atoms in total. The molecule has 0 saturated carbocycles. The maximum Gasteiger partial charge on any atom is 0.266 e. The molecule has 0 bridgehead atoms. The largest absolute Gasteiger partial charge is 0.361 e. The molecule has 0 aliphatic heterocycles. The van der Waals surface area contributed by atoms with E-state index >= 15 is 0 Å². The Morgan fingerprint density at radius 3 is 2.54 bits per heavy atom. The first-order valence-electron chi connectivity index (χ1n) is 8.23. The highest BCUT2D eigenvalue weighted by Crippen LogP contribution is 2.24. The SMILES string of the molecule is N#C/C(=C\c1c[nH]c2ccccc12)C(=O)Nc1cccc2ccccc12. The summed E-state index contributed by atoms with van der Waals surface area (Å²) < 4.78 is 0. The Kier molecular flexibility index (Phi) is 3.97. The molecule has 0 unspecified atom stereocenters. The third-order valence-electron chi connectivity index (χ3n) is 4.32. The number of aromatic amines is 1. The fraction of sp³-hybridized carbons (Fsp3) is 0. The molecule has 1 amide bonds. The van der Waals surface area contributed by atoms with Crippen molar-refractivity contribution in [3.63, 3.8) is 0 Å². The smallest absolute Gasteiger partial charge is 0.266 e. The Labute approximate surface area is 150 Å². The van der Waals surface area contributed by atoms with Crippen molar-refractivity contribution in [3.8, 4) is 6.07 Å². The van der Waals surface area contributed by atoms with Gasteiger partial charge in [-0.15, -0.1) is 0 Å². The summed E-state index contributed by atoms with van der Waals surface area (Å²) in [7, 11) is 0. The summed E-state index contributed by atoms with van der Waals surface area (Å²) in [4.78, 5) is 15.8. The topological polar surface area (TPSA) is 68.7 Å². The minimum Gasteiger partial charge on any atom is -0.361 e. The monoisotopic (exact) mass is 337 g/mol. The van der Waals surface area contributed by atoms with Gasteiger partial charge in [0.2, 0.25) is 0 Å². The molecule has 0 radical (unpaired) electrons. The van der Waals surface area contributed by atoms with Crippen molar-refractivity contribution in [1.82, 2.24) is 4.98 Å². The molecule has 124 valence electrons. The number of carbonyl (C=O) groups excluding carboxylic acids is 1. The Balaban J connectivity index is 1.69. The standard InChI is InChI=1S/C22H15N3O/c23-13-16(12-17-14-24-20-10-4-3-9-19(17)20)22(26)25-21-11-5-7-15-6-1-2-8-18(15)21/h1-12,14,24H,(H,25,26)/b16-12+. The second-order valence-corrected chi connectivity index (χ2v) is 5.94. The van der Waals surface area contributed by atoms with Gasteiger partial charge >= 0.3 is 0 Å². The molecule has 0 fully saturated rings. The van der Waals surface area contributed by atoms with E-state index in [4.69, 9.17) is 0 Å². The fourth-order valence-electron chi connectivity index (χ4n) is 3.04. The van der Waals surface area contributed by atoms with Crippen LogP contribution in [0, 0.1) is 11.3 Å². The first-order chi connectivity index (χ1) is 12.8. The summed E-state index contributed by atoms with van der Waals surface area (Å²) in [6.45, 7) is 0. The highest BCUT2D eigenvalue weighted by Gasteiger charge is 2.12. The molecular formula is C22H15N3O. The van der Waals surface area contributed by atoms with Crippen LogP contribution in [0.3, 0.4) is 0 Å². The number of H-pyrrole nitrogens is 1. The van der Waals surface area contributed by atoms with Gasteiger partial charge in [0.1, 0.15) is 11.6 Å². The molecule has 0 saturated heterocycles. The third kappa shape index (κ3) is 2.83. The number of nitriles is 1. The Morgan fingerprint density at radius 1 is 0.962 bits per heavy atom. The van der Waals surface area contributed by atoms with E-state index < -0.39 is 5.91 Å². The van der Waals surface area contributed by atoms with E-state index in [0.717, 1.165) is 27.2 Å². The van der Waals surface area contributed by atoms with E-state index in [-0.39, 0.29) is 5.57 Å². The zero-order valence-electron chi connectivity index (χ0n) is 13.9. The van der Waals surface area contributed by atoms with Crippen molar-refractivity contribution in [2.24, 2.45) is 0 Å². The van der Waals surface area contributed by atoms with E-state index in [2.05, 4.69) is 10.3 Å². The van der Waals surface area contributed by atoms with Crippen molar-refractivity contribution in [3.05, 3.63) is 84.1 Å². The number of benzene rings is 3. The van der Waals surface area contributed by atoms with Crippen LogP contribution in [0.4, 0.5) is 5.69 Å². The van der Waals surface area contributed by atoms with Crippen LogP contribution in [0.1, 0.15) is 5.56 Å². The third-order valence-corrected chi connectivity index (χ3v) is 4.32. The molecule has 0 aliphatic rings. The van der Waals surface area contributed by atoms with Crippen LogP contribution >= 0.6 is 0 Å². The summed E-state index contributed by atoms with van der Waals surface area (Å²) in [5.41, 5.74) is 2.52. The molecule has 3 aromatic carbocycles. The minimum atomic E-state index is -0.422. The Bertz CT molecular complexity index is 1190. The summed E-state index contributed by atoms with van der Waals surface area (Å²) in [6.07, 6.45) is 3.41. The highest BCUT2D eigenvalue weighted by atomic mass is 16.1. The lowest BCUT2D eigenvalue weighted by atomic mass is 10.1. The first-order valence-corrected chi connectivity index (χ1v) is 8.23. The average molecular weight is 337 g/mol. The van der Waals surface area contributed by atoms with Crippen LogP contribution in [0.15, 0.2) is 78.5 Å². The summed E-state index contributed by atoms with van der Waals surface area (Å²) in [6, 6.07) is 23.3. The molecule has 1 aromatic heterocycles. The number of nitrogens with one attached hydrogen (secondary N) is 2. The molecule has 26 heavy (non-hydrogen) atoms. The number of aromatic nitrogens is 1. The molecular weight excluding hydrogens is 322 g/mol. The van der Waals surface area contributed by atoms with E-state index in [0.29, 0.717) is 5.69 Å². The van der Waals surface area contributed by atoms with Crippen molar-refractivity contribution in [2.45, 2.75) is 0 Å². The number of carbonyl (C=O) groups is 1. The molecule has 0 atom stereocenters. The van der Waals surface area contributed by atoms with Crippen molar-refractivity contribution in [1.29, 1.82) is 5.26 Å². The Morgan fingerprint density at radius 2 is 1.69 bits per heavy atom. The number of amides is 1. The van der Waals surface area contributed by atoms with Gasteiger partial charge in [0, 0.05) is 33.7 Å². The van der Waals surface area contributed by atoms with Gasteiger partial charge in [-0.05, 0) is 23.6 Å². The predicted molar refractivity (Wildman–Crippen MR) is 104 cm³/mol. The van der Waals surface area contributed by atoms with Crippen molar-refractivity contribution >= 4 is 39.3 Å². The lowest BCUT2D eigenvalue weighted by molar-refractivity contribution is -0.112. The summed E-state index contributed by atoms with van der Waals surface area (Å²) >= 11 is 0. The van der Waals surface area contributed by atoms with Gasteiger partial charge in [0.25, 0.3) is 5.91 Å². The normalized spacial score (nSPS) is 11.4. The fourth-order valence-corrected chi connectivity index (χ4v) is 3.04. The lowest BCUT2D eigenvalue weighted by Gasteiger charge is -2.08. The maximum absolute atomic E-state index is 12.6. The number of para-hydroxylation sites is 1. The lowest BCUT2D eigenvalue weighted by Crippen LogP contribution is -2.13. The molecule has 1 heterocycles. The van der Waals surface area contributed by atoms with Crippen LogP contribution in [0.5, 0.6) is 0 Å². The van der Waals surface area contributed by atoms with Crippen LogP contribution in [-0.4, -0.2) is 10.9 Å². The number of nitrogens with zero attached hydrogens (tertiary/aromatic N) is 1. The van der Waals surface area contributed by atoms with Gasteiger partial charge < -0.3 is 10.3 Å². The van der Waals surface area contributed by atoms with Crippen molar-refractivity contribution < 1.29 is 4.79 Å². The van der Waals surface area contributed by atoms with Crippen LogP contribution < -0.4 is 5.32 Å². The zero-order valence-corrected chi connectivity index (χ0v) is 13.9. The second-order valence-electron chi connectivity index (χ2n) is 5.94. The quantitative estimate of drug-likeness (QED) is 0.414. The van der Waals surface area contributed by atoms with Gasteiger partial charge in [-0.25, -0.2) is 0 Å². The average Bonchev–Trinajstić information content (AvgIpc) is 3.09. The van der Waals surface area contributed by atoms with Crippen LogP contribution in [-0.2, 0) is 4.79 Å². The molecule has 4 heteroatoms. The number of hydrogen-bond acceptors (Lipinski definition) is 2. The molecule has 4 rings (SSSR count). The predicted octanol–water partition coefficient (Wildman–Crippen LogP) is 4.87. The summed E-state index contributed by atoms with van der Waals surface area (Å²) in [5, 5.41) is 15.3. The van der Waals surface area contributed by atoms with Crippen LogP contribution in [0.2, 0.25) is 0 Å². The van der Waals surface area contributed by atoms with Gasteiger partial charge in [-0.2, -0.15) is 5.26 Å². The van der Waals surface area contributed by atoms with E-state index in [9.17, 15) is 10.1 Å². The maximum atomic E-state index is 12.6. The number of hydrogen-bond donors (Lipinski definition) is 2. The second kappa shape index (κ2) is 6.58. The van der Waals surface area contributed by atoms with E-state index in [1.165, 1.54) is 0 Å². The molecule has 0 spiro atoms. The van der Waals surface area contributed by atoms with E-state index in [1.54, 1.807) is 12.3 Å².